The first-order valence-electron chi connectivity index (χ1n) is 10.7. The molecule has 166 valence electrons. The van der Waals surface area contributed by atoms with Gasteiger partial charge in [0.05, 0.1) is 28.6 Å². The predicted molar refractivity (Wildman–Crippen MR) is 126 cm³/mol. The topological polar surface area (TPSA) is 63.5 Å². The fraction of sp³-hybridized carbons (Fsp3) is 0.500. The van der Waals surface area contributed by atoms with E-state index < -0.39 is 0 Å². The highest BCUT2D eigenvalue weighted by atomic mass is 35.5. The van der Waals surface area contributed by atoms with Crippen molar-refractivity contribution in [2.24, 2.45) is 0 Å². The van der Waals surface area contributed by atoms with Crippen LogP contribution in [0.2, 0.25) is 5.02 Å². The van der Waals surface area contributed by atoms with Gasteiger partial charge < -0.3 is 4.74 Å². The van der Waals surface area contributed by atoms with Gasteiger partial charge in [-0.05, 0) is 45.4 Å². The van der Waals surface area contributed by atoms with Crippen LogP contribution in [-0.2, 0) is 4.74 Å². The third-order valence-electron chi connectivity index (χ3n) is 5.36. The minimum absolute atomic E-state index is 0.0774. The second-order valence-corrected chi connectivity index (χ2v) is 9.47. The molecule has 0 radical (unpaired) electrons. The molecule has 0 aliphatic carbocycles. The summed E-state index contributed by atoms with van der Waals surface area (Å²) in [6, 6.07) is 7.68. The first kappa shape index (κ1) is 22.2. The van der Waals surface area contributed by atoms with Crippen LogP contribution in [0.4, 0.5) is 5.13 Å². The number of morpholine rings is 1. The maximum atomic E-state index is 13.7. The van der Waals surface area contributed by atoms with Gasteiger partial charge >= 0.3 is 0 Å². The highest BCUT2D eigenvalue weighted by Crippen LogP contribution is 2.33. The largest absolute Gasteiger partial charge is 0.379 e. The van der Waals surface area contributed by atoms with Crippen molar-refractivity contribution in [3.63, 3.8) is 0 Å². The molecule has 3 heterocycles. The number of hydrogen-bond acceptors (Lipinski definition) is 6. The van der Waals surface area contributed by atoms with E-state index in [1.165, 1.54) is 11.3 Å². The number of benzene rings is 1. The number of thiazole rings is 1. The Hall–Kier alpha value is -2.00. The normalized spacial score (nSPS) is 15.1. The van der Waals surface area contributed by atoms with Crippen molar-refractivity contribution < 1.29 is 9.53 Å². The van der Waals surface area contributed by atoms with Crippen LogP contribution in [0, 0.1) is 6.92 Å². The van der Waals surface area contributed by atoms with Crippen molar-refractivity contribution in [2.75, 3.05) is 44.3 Å². The fourth-order valence-electron chi connectivity index (χ4n) is 3.79. The molecule has 9 heteroatoms. The number of nitrogens with zero attached hydrogens (tertiary/aromatic N) is 5. The number of ether oxygens (including phenoxy) is 1. The van der Waals surface area contributed by atoms with Crippen molar-refractivity contribution in [1.82, 2.24) is 19.7 Å². The molecule has 1 fully saturated rings. The van der Waals surface area contributed by atoms with Gasteiger partial charge in [0.1, 0.15) is 11.2 Å². The Labute approximate surface area is 191 Å². The maximum absolute atomic E-state index is 13.7. The van der Waals surface area contributed by atoms with Gasteiger partial charge in [-0.25, -0.2) is 4.98 Å². The SMILES string of the molecule is Cc1cc(C(=O)N(CCCN2CCOCC2)c2nc3c(Cl)cccc3s2)n(C(C)C)n1. The zero-order chi connectivity index (χ0) is 22.0. The average molecular weight is 462 g/mol. The van der Waals surface area contributed by atoms with E-state index >= 15 is 0 Å². The number of aryl methyl sites for hydroxylation is 1. The van der Waals surface area contributed by atoms with E-state index in [0.29, 0.717) is 22.4 Å². The summed E-state index contributed by atoms with van der Waals surface area (Å²) in [6.07, 6.45) is 0.851. The lowest BCUT2D eigenvalue weighted by molar-refractivity contribution is 0.0376. The molecule has 2 aromatic heterocycles. The Bertz CT molecular complexity index is 1060. The molecule has 0 spiro atoms. The lowest BCUT2D eigenvalue weighted by Crippen LogP contribution is -2.39. The van der Waals surface area contributed by atoms with Crippen LogP contribution in [0.3, 0.4) is 0 Å². The summed E-state index contributed by atoms with van der Waals surface area (Å²) in [5.74, 6) is -0.0774. The van der Waals surface area contributed by atoms with Gasteiger partial charge in [-0.15, -0.1) is 0 Å². The second-order valence-electron chi connectivity index (χ2n) is 8.06. The number of carbonyl (C=O) groups is 1. The van der Waals surface area contributed by atoms with E-state index in [-0.39, 0.29) is 11.9 Å². The van der Waals surface area contributed by atoms with E-state index in [1.54, 1.807) is 9.58 Å². The molecule has 31 heavy (non-hydrogen) atoms. The molecule has 7 nitrogen and oxygen atoms in total. The number of anilines is 1. The quantitative estimate of drug-likeness (QED) is 0.521. The van der Waals surface area contributed by atoms with Crippen molar-refractivity contribution in [2.45, 2.75) is 33.2 Å². The van der Waals surface area contributed by atoms with Crippen molar-refractivity contribution in [1.29, 1.82) is 0 Å². The summed E-state index contributed by atoms with van der Waals surface area (Å²) < 4.78 is 8.21. The maximum Gasteiger partial charge on any atom is 0.278 e. The molecular formula is C22H28ClN5O2S. The number of amides is 1. The third kappa shape index (κ3) is 4.92. The fourth-order valence-corrected chi connectivity index (χ4v) is 5.08. The molecule has 3 aromatic rings. The van der Waals surface area contributed by atoms with Gasteiger partial charge in [0.2, 0.25) is 0 Å². The van der Waals surface area contributed by atoms with Crippen molar-refractivity contribution >= 4 is 44.2 Å². The number of fused-ring (bicyclic) bond motifs is 1. The Morgan fingerprint density at radius 1 is 1.32 bits per heavy atom. The molecular weight excluding hydrogens is 434 g/mol. The van der Waals surface area contributed by atoms with E-state index in [9.17, 15) is 4.79 Å². The zero-order valence-corrected chi connectivity index (χ0v) is 19.7. The zero-order valence-electron chi connectivity index (χ0n) is 18.2. The highest BCUT2D eigenvalue weighted by Gasteiger charge is 2.26. The third-order valence-corrected chi connectivity index (χ3v) is 6.71. The molecule has 1 aliphatic heterocycles. The molecule has 0 atom stereocenters. The number of hydrogen-bond donors (Lipinski definition) is 0. The Morgan fingerprint density at radius 3 is 2.81 bits per heavy atom. The van der Waals surface area contributed by atoms with Crippen LogP contribution < -0.4 is 4.90 Å². The summed E-state index contributed by atoms with van der Waals surface area (Å²) in [6.45, 7) is 10.9. The molecule has 0 N–H and O–H groups in total. The minimum Gasteiger partial charge on any atom is -0.379 e. The molecule has 0 saturated carbocycles. The van der Waals surface area contributed by atoms with Crippen LogP contribution in [0.1, 0.15) is 42.5 Å². The van der Waals surface area contributed by atoms with Gasteiger partial charge in [-0.3, -0.25) is 19.3 Å². The van der Waals surface area contributed by atoms with E-state index in [2.05, 4.69) is 10.00 Å². The van der Waals surface area contributed by atoms with E-state index in [1.807, 2.05) is 45.0 Å². The Kier molecular flexibility index (Phi) is 6.91. The number of aromatic nitrogens is 3. The van der Waals surface area contributed by atoms with Gasteiger partial charge in [-0.2, -0.15) is 5.10 Å². The molecule has 0 unspecified atom stereocenters. The molecule has 0 bridgehead atoms. The first-order valence-corrected chi connectivity index (χ1v) is 11.9. The molecule has 1 aromatic carbocycles. The molecule has 1 aliphatic rings. The number of para-hydroxylation sites is 1. The Morgan fingerprint density at radius 2 is 2.10 bits per heavy atom. The number of rotatable bonds is 7. The van der Waals surface area contributed by atoms with Crippen molar-refractivity contribution in [3.05, 3.63) is 40.7 Å². The van der Waals surface area contributed by atoms with Gasteiger partial charge in [0.25, 0.3) is 5.91 Å². The van der Waals surface area contributed by atoms with Crippen LogP contribution in [0.5, 0.6) is 0 Å². The van der Waals surface area contributed by atoms with E-state index in [4.69, 9.17) is 21.3 Å². The molecule has 4 rings (SSSR count). The predicted octanol–water partition coefficient (Wildman–Crippen LogP) is 4.40. The highest BCUT2D eigenvalue weighted by molar-refractivity contribution is 7.22. The van der Waals surface area contributed by atoms with Gasteiger partial charge in [-0.1, -0.05) is 29.0 Å². The monoisotopic (exact) mass is 461 g/mol. The van der Waals surface area contributed by atoms with Crippen LogP contribution >= 0.6 is 22.9 Å². The summed E-state index contributed by atoms with van der Waals surface area (Å²) >= 11 is 7.85. The van der Waals surface area contributed by atoms with Crippen molar-refractivity contribution in [3.8, 4) is 0 Å². The van der Waals surface area contributed by atoms with Crippen LogP contribution in [0.15, 0.2) is 24.3 Å². The minimum atomic E-state index is -0.0774. The molecule has 1 saturated heterocycles. The van der Waals surface area contributed by atoms with Crippen LogP contribution in [0.25, 0.3) is 10.2 Å². The summed E-state index contributed by atoms with van der Waals surface area (Å²) in [5, 5.41) is 5.80. The first-order chi connectivity index (χ1) is 14.9. The van der Waals surface area contributed by atoms with Gasteiger partial charge in [0, 0.05) is 32.2 Å². The molecule has 1 amide bonds. The van der Waals surface area contributed by atoms with E-state index in [0.717, 1.165) is 55.2 Å². The average Bonchev–Trinajstić information content (AvgIpc) is 3.36. The van der Waals surface area contributed by atoms with Gasteiger partial charge in [0.15, 0.2) is 5.13 Å². The standard InChI is InChI=1S/C22H28ClN5O2S/c1-15(2)28-18(14-16(3)25-28)21(29)27(9-5-8-26-10-12-30-13-11-26)22-24-20-17(23)6-4-7-19(20)31-22/h4,6-7,14-15H,5,8-13H2,1-3H3. The number of carbonyl (C=O) groups excluding carboxylic acids is 1. The summed E-state index contributed by atoms with van der Waals surface area (Å²) in [4.78, 5) is 22.6. The second kappa shape index (κ2) is 9.65. The lowest BCUT2D eigenvalue weighted by atomic mass is 10.2. The smallest absolute Gasteiger partial charge is 0.278 e. The Balaban J connectivity index is 1.63. The summed E-state index contributed by atoms with van der Waals surface area (Å²) in [5.41, 5.74) is 2.16. The summed E-state index contributed by atoms with van der Waals surface area (Å²) in [7, 11) is 0. The van der Waals surface area contributed by atoms with Crippen LogP contribution in [-0.4, -0.2) is 65.0 Å². The lowest BCUT2D eigenvalue weighted by Gasteiger charge is -2.28. The number of halogens is 1.